The molecule has 2 heterocycles. The molecule has 2 N–H and O–H groups in total. The summed E-state index contributed by atoms with van der Waals surface area (Å²) < 4.78 is 10.8. The highest BCUT2D eigenvalue weighted by atomic mass is 16.5. The number of hydrogen-bond donors (Lipinski definition) is 2. The van der Waals surface area contributed by atoms with Crippen molar-refractivity contribution in [2.45, 2.75) is 82.9 Å². The van der Waals surface area contributed by atoms with Crippen molar-refractivity contribution in [2.24, 2.45) is 5.92 Å². The predicted molar refractivity (Wildman–Crippen MR) is 112 cm³/mol. The maximum atomic E-state index is 13.2. The van der Waals surface area contributed by atoms with Crippen molar-refractivity contribution in [1.29, 1.82) is 0 Å². The van der Waals surface area contributed by atoms with E-state index in [0.717, 1.165) is 12.8 Å². The summed E-state index contributed by atoms with van der Waals surface area (Å²) in [7, 11) is 0. The first-order valence-electron chi connectivity index (χ1n) is 11.7. The van der Waals surface area contributed by atoms with Crippen LogP contribution in [-0.4, -0.2) is 73.7 Å². The van der Waals surface area contributed by atoms with Crippen LogP contribution in [0.4, 0.5) is 4.79 Å². The normalized spacial score (nSPS) is 27.2. The number of morpholine rings is 1. The van der Waals surface area contributed by atoms with Gasteiger partial charge in [-0.3, -0.25) is 9.59 Å². The second kappa shape index (κ2) is 11.6. The summed E-state index contributed by atoms with van der Waals surface area (Å²) >= 11 is 0. The number of nitrogens with one attached hydrogen (secondary N) is 2. The SMILES string of the molecule is CC[C@@H]1OCC(=O)[C@H]1NC(=O)[C@H](CC1CCCCCCC1)NC(=O)N1CCOCC1. The molecule has 3 atom stereocenters. The largest absolute Gasteiger partial charge is 0.378 e. The van der Waals surface area contributed by atoms with Gasteiger partial charge in [0.25, 0.3) is 0 Å². The quantitative estimate of drug-likeness (QED) is 0.681. The highest BCUT2D eigenvalue weighted by Gasteiger charge is 2.38. The van der Waals surface area contributed by atoms with E-state index in [9.17, 15) is 14.4 Å². The van der Waals surface area contributed by atoms with Gasteiger partial charge >= 0.3 is 6.03 Å². The summed E-state index contributed by atoms with van der Waals surface area (Å²) in [6, 6.07) is -1.50. The van der Waals surface area contributed by atoms with E-state index in [0.29, 0.717) is 45.1 Å². The van der Waals surface area contributed by atoms with Crippen molar-refractivity contribution in [1.82, 2.24) is 15.5 Å². The summed E-state index contributed by atoms with van der Waals surface area (Å²) in [5, 5.41) is 5.84. The van der Waals surface area contributed by atoms with Gasteiger partial charge in [0.05, 0.1) is 19.3 Å². The van der Waals surface area contributed by atoms with Crippen LogP contribution in [0.5, 0.6) is 0 Å². The fourth-order valence-corrected chi connectivity index (χ4v) is 4.71. The average molecular weight is 424 g/mol. The summed E-state index contributed by atoms with van der Waals surface area (Å²) in [6.07, 6.45) is 9.24. The standard InChI is InChI=1S/C22H37N3O5/c1-2-19-20(18(26)15-30-19)24-21(27)17(14-16-8-6-4-3-5-7-9-16)23-22(28)25-10-12-29-13-11-25/h16-17,19-20H,2-15H2,1H3,(H,23,28)(H,24,27)/t17-,19-,20+/m0/s1. The molecule has 0 radical (unpaired) electrons. The summed E-state index contributed by atoms with van der Waals surface area (Å²) in [4.78, 5) is 39.9. The van der Waals surface area contributed by atoms with Gasteiger partial charge in [-0.15, -0.1) is 0 Å². The highest BCUT2D eigenvalue weighted by Crippen LogP contribution is 2.26. The molecule has 3 amide bonds. The minimum absolute atomic E-state index is 0.0386. The number of ketones is 1. The van der Waals surface area contributed by atoms with Crippen LogP contribution in [0.15, 0.2) is 0 Å². The van der Waals surface area contributed by atoms with Crippen LogP contribution in [0.3, 0.4) is 0 Å². The third-order valence-electron chi connectivity index (χ3n) is 6.56. The molecule has 0 aromatic heterocycles. The number of ether oxygens (including phenoxy) is 2. The lowest BCUT2D eigenvalue weighted by molar-refractivity contribution is -0.128. The smallest absolute Gasteiger partial charge is 0.318 e. The molecule has 1 aliphatic carbocycles. The van der Waals surface area contributed by atoms with E-state index in [2.05, 4.69) is 10.6 Å². The van der Waals surface area contributed by atoms with Crippen LogP contribution in [0.1, 0.15) is 64.7 Å². The third kappa shape index (κ3) is 6.41. The molecule has 2 aliphatic heterocycles. The van der Waals surface area contributed by atoms with Gasteiger partial charge in [0.15, 0.2) is 5.78 Å². The third-order valence-corrected chi connectivity index (χ3v) is 6.56. The molecular weight excluding hydrogens is 386 g/mol. The molecule has 30 heavy (non-hydrogen) atoms. The fourth-order valence-electron chi connectivity index (χ4n) is 4.71. The van der Waals surface area contributed by atoms with Gasteiger partial charge in [-0.25, -0.2) is 4.79 Å². The second-order valence-electron chi connectivity index (χ2n) is 8.76. The molecule has 0 aromatic rings. The van der Waals surface area contributed by atoms with Gasteiger partial charge in [0.2, 0.25) is 5.91 Å². The van der Waals surface area contributed by atoms with Gasteiger partial charge in [-0.2, -0.15) is 0 Å². The number of Topliss-reactive ketones (excluding diaryl/α,β-unsaturated/α-hetero) is 1. The lowest BCUT2D eigenvalue weighted by Gasteiger charge is -2.31. The number of urea groups is 1. The van der Waals surface area contributed by atoms with Crippen LogP contribution >= 0.6 is 0 Å². The number of hydrogen-bond acceptors (Lipinski definition) is 5. The molecule has 3 aliphatic rings. The van der Waals surface area contributed by atoms with Crippen LogP contribution in [-0.2, 0) is 19.1 Å². The van der Waals surface area contributed by atoms with Crippen LogP contribution in [0.2, 0.25) is 0 Å². The zero-order valence-electron chi connectivity index (χ0n) is 18.2. The monoisotopic (exact) mass is 423 g/mol. The van der Waals surface area contributed by atoms with Crippen LogP contribution < -0.4 is 10.6 Å². The van der Waals surface area contributed by atoms with Crippen LogP contribution in [0.25, 0.3) is 0 Å². The Kier molecular flexibility index (Phi) is 8.93. The van der Waals surface area contributed by atoms with Gasteiger partial charge < -0.3 is 25.0 Å². The molecule has 0 bridgehead atoms. The Labute approximate surface area is 179 Å². The molecule has 0 spiro atoms. The van der Waals surface area contributed by atoms with Crippen molar-refractivity contribution in [3.8, 4) is 0 Å². The predicted octanol–water partition coefficient (Wildman–Crippen LogP) is 2.01. The molecule has 0 unspecified atom stereocenters. The van der Waals surface area contributed by atoms with E-state index in [1.807, 2.05) is 6.92 Å². The molecular formula is C22H37N3O5. The Hall–Kier alpha value is -1.67. The molecule has 170 valence electrons. The Bertz CT molecular complexity index is 585. The topological polar surface area (TPSA) is 97.0 Å². The minimum Gasteiger partial charge on any atom is -0.378 e. The van der Waals surface area contributed by atoms with Gasteiger partial charge in [-0.1, -0.05) is 51.9 Å². The molecule has 3 fully saturated rings. The second-order valence-corrected chi connectivity index (χ2v) is 8.76. The van der Waals surface area contributed by atoms with Crippen molar-refractivity contribution in [3.63, 3.8) is 0 Å². The number of carbonyl (C=O) groups is 3. The van der Waals surface area contributed by atoms with E-state index in [1.165, 1.54) is 32.1 Å². The minimum atomic E-state index is -0.643. The van der Waals surface area contributed by atoms with E-state index >= 15 is 0 Å². The van der Waals surface area contributed by atoms with Gasteiger partial charge in [-0.05, 0) is 18.8 Å². The Balaban J connectivity index is 1.65. The number of amides is 3. The molecule has 8 heteroatoms. The number of nitrogens with zero attached hydrogens (tertiary/aromatic N) is 1. The van der Waals surface area contributed by atoms with Crippen molar-refractivity contribution < 1.29 is 23.9 Å². The van der Waals surface area contributed by atoms with Crippen LogP contribution in [0, 0.1) is 5.92 Å². The first kappa shape index (κ1) is 23.0. The Morgan fingerprint density at radius 1 is 1.10 bits per heavy atom. The zero-order valence-corrected chi connectivity index (χ0v) is 18.2. The number of carbonyl (C=O) groups excluding carboxylic acids is 3. The lowest BCUT2D eigenvalue weighted by atomic mass is 9.86. The maximum Gasteiger partial charge on any atom is 0.318 e. The lowest BCUT2D eigenvalue weighted by Crippen LogP contribution is -2.56. The summed E-state index contributed by atoms with van der Waals surface area (Å²) in [5.41, 5.74) is 0. The van der Waals surface area contributed by atoms with Gasteiger partial charge in [0.1, 0.15) is 18.7 Å². The summed E-state index contributed by atoms with van der Waals surface area (Å²) in [6.45, 7) is 4.05. The zero-order chi connectivity index (χ0) is 21.3. The van der Waals surface area contributed by atoms with E-state index in [4.69, 9.17) is 9.47 Å². The fraction of sp³-hybridized carbons (Fsp3) is 0.864. The first-order chi connectivity index (χ1) is 14.6. The average Bonchev–Trinajstić information content (AvgIpc) is 3.09. The summed E-state index contributed by atoms with van der Waals surface area (Å²) in [5.74, 6) is 0.0314. The molecule has 8 nitrogen and oxygen atoms in total. The first-order valence-corrected chi connectivity index (χ1v) is 11.7. The maximum absolute atomic E-state index is 13.2. The van der Waals surface area contributed by atoms with Gasteiger partial charge in [0, 0.05) is 13.1 Å². The Morgan fingerprint density at radius 3 is 2.43 bits per heavy atom. The van der Waals surface area contributed by atoms with E-state index < -0.39 is 12.1 Å². The molecule has 1 saturated carbocycles. The van der Waals surface area contributed by atoms with Crippen molar-refractivity contribution in [2.75, 3.05) is 32.9 Å². The Morgan fingerprint density at radius 2 is 1.77 bits per heavy atom. The van der Waals surface area contributed by atoms with E-state index in [-0.39, 0.29) is 30.4 Å². The van der Waals surface area contributed by atoms with Crippen molar-refractivity contribution >= 4 is 17.7 Å². The van der Waals surface area contributed by atoms with E-state index in [1.54, 1.807) is 4.90 Å². The highest BCUT2D eigenvalue weighted by molar-refractivity contribution is 5.94. The molecule has 2 saturated heterocycles. The van der Waals surface area contributed by atoms with Crippen molar-refractivity contribution in [3.05, 3.63) is 0 Å². The molecule has 0 aromatic carbocycles. The molecule has 3 rings (SSSR count). The number of rotatable bonds is 6.